The van der Waals surface area contributed by atoms with Crippen molar-refractivity contribution in [2.45, 2.75) is 257 Å². The van der Waals surface area contributed by atoms with Crippen LogP contribution < -0.4 is 0 Å². The molecule has 0 radical (unpaired) electrons. The Hall–Kier alpha value is -1.93. The van der Waals surface area contributed by atoms with Crippen LogP contribution in [0.25, 0.3) is 0 Å². The van der Waals surface area contributed by atoms with Gasteiger partial charge in [-0.15, -0.1) is 0 Å². The Bertz CT molecular complexity index is 978. The molecule has 348 valence electrons. The Balaban J connectivity index is 4.21. The number of carboxylic acids is 1. The number of hydrogen-bond donors (Lipinski definition) is 1. The van der Waals surface area contributed by atoms with Crippen molar-refractivity contribution in [1.82, 2.24) is 0 Å². The number of carboxylic acid groups (broad SMARTS) is 1. The topological polar surface area (TPSA) is 99.1 Å². The van der Waals surface area contributed by atoms with Gasteiger partial charge in [0.05, 0.1) is 34.4 Å². The monoisotopic (exact) mass is 837 g/mol. The molecule has 1 N–H and O–H groups in total. The molecule has 0 aliphatic heterocycles. The highest BCUT2D eigenvalue weighted by atomic mass is 16.6. The summed E-state index contributed by atoms with van der Waals surface area (Å²) < 4.78 is 17.3. The van der Waals surface area contributed by atoms with Crippen molar-refractivity contribution in [1.29, 1.82) is 0 Å². The number of esters is 2. The molecule has 0 aliphatic rings. The maximum Gasteiger partial charge on any atom is 0.362 e. The Kier molecular flexibility index (Phi) is 41.3. The molecule has 8 nitrogen and oxygen atoms in total. The highest BCUT2D eigenvalue weighted by Gasteiger charge is 2.31. The Morgan fingerprint density at radius 2 is 0.847 bits per heavy atom. The molecule has 2 atom stereocenters. The van der Waals surface area contributed by atoms with E-state index in [1.54, 1.807) is 0 Å². The summed E-state index contributed by atoms with van der Waals surface area (Å²) in [6, 6.07) is -0.611. The van der Waals surface area contributed by atoms with Crippen molar-refractivity contribution in [2.24, 2.45) is 0 Å². The Morgan fingerprint density at radius 1 is 0.492 bits per heavy atom. The normalized spacial score (nSPS) is 12.9. The number of hydrogen-bond acceptors (Lipinski definition) is 6. The molecule has 0 bridgehead atoms. The molecule has 0 aliphatic carbocycles. The van der Waals surface area contributed by atoms with Crippen LogP contribution in [0.5, 0.6) is 0 Å². The van der Waals surface area contributed by atoms with Crippen LogP contribution in [0.2, 0.25) is 0 Å². The van der Waals surface area contributed by atoms with Crippen LogP contribution in [0.4, 0.5) is 0 Å². The lowest BCUT2D eigenvalue weighted by atomic mass is 10.0. The van der Waals surface area contributed by atoms with E-state index in [1.165, 1.54) is 173 Å². The first-order chi connectivity index (χ1) is 28.6. The van der Waals surface area contributed by atoms with Crippen molar-refractivity contribution in [3.8, 4) is 0 Å². The van der Waals surface area contributed by atoms with E-state index in [0.29, 0.717) is 19.3 Å². The summed E-state index contributed by atoms with van der Waals surface area (Å²) in [4.78, 5) is 37.1. The average molecular weight is 837 g/mol. The molecule has 0 rings (SSSR count). The first kappa shape index (κ1) is 57.1. The quantitative estimate of drug-likeness (QED) is 0.0282. The van der Waals surface area contributed by atoms with Gasteiger partial charge >= 0.3 is 17.9 Å². The molecule has 0 fully saturated rings. The number of carbonyl (C=O) groups is 3. The lowest BCUT2D eigenvalue weighted by Crippen LogP contribution is -2.50. The van der Waals surface area contributed by atoms with Gasteiger partial charge in [0.2, 0.25) is 0 Å². The second-order valence-electron chi connectivity index (χ2n) is 18.4. The largest absolute Gasteiger partial charge is 0.477 e. The van der Waals surface area contributed by atoms with Crippen molar-refractivity contribution >= 4 is 17.9 Å². The van der Waals surface area contributed by atoms with E-state index in [-0.39, 0.29) is 36.2 Å². The number of quaternary nitrogens is 1. The first-order valence-electron chi connectivity index (χ1n) is 25.2. The predicted molar refractivity (Wildman–Crippen MR) is 248 cm³/mol. The maximum atomic E-state index is 12.8. The first-order valence-corrected chi connectivity index (χ1v) is 25.2. The van der Waals surface area contributed by atoms with Gasteiger partial charge in [-0.1, -0.05) is 199 Å². The van der Waals surface area contributed by atoms with Crippen molar-refractivity contribution < 1.29 is 38.2 Å². The fraction of sp³-hybridized carbons (Fsp3) is 0.902. The average Bonchev–Trinajstić information content (AvgIpc) is 3.19. The van der Waals surface area contributed by atoms with Crippen LogP contribution >= 0.6 is 0 Å². The maximum absolute atomic E-state index is 12.8. The zero-order valence-corrected chi connectivity index (χ0v) is 39.7. The molecule has 0 saturated carbocycles. The van der Waals surface area contributed by atoms with E-state index in [0.717, 1.165) is 38.5 Å². The number of rotatable bonds is 46. The molecule has 59 heavy (non-hydrogen) atoms. The molecule has 0 aromatic carbocycles. The number of ether oxygens (including phenoxy) is 3. The number of allylic oxidation sites excluding steroid dienone is 2. The Labute approximate surface area is 365 Å². The van der Waals surface area contributed by atoms with Gasteiger partial charge in [-0.05, 0) is 38.5 Å². The van der Waals surface area contributed by atoms with Crippen molar-refractivity contribution in [2.75, 3.05) is 41.0 Å². The van der Waals surface area contributed by atoms with E-state index in [9.17, 15) is 19.5 Å². The van der Waals surface area contributed by atoms with Crippen molar-refractivity contribution in [3.63, 3.8) is 0 Å². The lowest BCUT2D eigenvalue weighted by molar-refractivity contribution is -0.887. The Morgan fingerprint density at radius 3 is 1.22 bits per heavy atom. The fourth-order valence-corrected chi connectivity index (χ4v) is 7.74. The van der Waals surface area contributed by atoms with Crippen LogP contribution in [0, 0.1) is 0 Å². The lowest BCUT2D eigenvalue weighted by Gasteiger charge is -2.31. The summed E-state index contributed by atoms with van der Waals surface area (Å²) in [6.45, 7) is 4.77. The van der Waals surface area contributed by atoms with E-state index in [1.807, 2.05) is 21.1 Å². The van der Waals surface area contributed by atoms with Gasteiger partial charge in [-0.2, -0.15) is 0 Å². The highest BCUT2D eigenvalue weighted by molar-refractivity contribution is 5.72. The molecule has 0 heterocycles. The third kappa shape index (κ3) is 41.2. The van der Waals surface area contributed by atoms with Gasteiger partial charge in [0.1, 0.15) is 6.61 Å². The second-order valence-corrected chi connectivity index (χ2v) is 18.4. The predicted octanol–water partition coefficient (Wildman–Crippen LogP) is 14.3. The van der Waals surface area contributed by atoms with E-state index >= 15 is 0 Å². The number of carbonyl (C=O) groups excluding carboxylic acids is 2. The van der Waals surface area contributed by atoms with Gasteiger partial charge in [0.25, 0.3) is 0 Å². The van der Waals surface area contributed by atoms with Crippen LogP contribution in [0.3, 0.4) is 0 Å². The van der Waals surface area contributed by atoms with Gasteiger partial charge < -0.3 is 23.8 Å². The van der Waals surface area contributed by atoms with Crippen LogP contribution in [0.1, 0.15) is 245 Å². The second kappa shape index (κ2) is 42.7. The standard InChI is InChI=1S/C51H97NO7/c1-6-8-10-12-14-16-18-20-22-23-24-25-26-27-28-30-32-34-36-38-40-42-50(54)59-47(45-57-44-43-48(51(55)56)52(3,4)5)46-58-49(53)41-39-37-35-33-31-29-21-19-17-15-13-11-9-7-2/h23-24,47-48H,6-22,25-46H2,1-5H3/p+1/b24-23-. The summed E-state index contributed by atoms with van der Waals surface area (Å²) in [5.41, 5.74) is 0. The summed E-state index contributed by atoms with van der Waals surface area (Å²) >= 11 is 0. The summed E-state index contributed by atoms with van der Waals surface area (Å²) in [5, 5.41) is 9.64. The third-order valence-corrected chi connectivity index (χ3v) is 11.7. The number of likely N-dealkylation sites (N-methyl/N-ethyl adjacent to an activating group) is 1. The molecule has 0 spiro atoms. The molecule has 0 aromatic heterocycles. The minimum atomic E-state index is -0.871. The van der Waals surface area contributed by atoms with Crippen molar-refractivity contribution in [3.05, 3.63) is 12.2 Å². The number of nitrogens with zero attached hydrogens (tertiary/aromatic N) is 1. The minimum absolute atomic E-state index is 0.0452. The minimum Gasteiger partial charge on any atom is -0.477 e. The van der Waals surface area contributed by atoms with Gasteiger partial charge in [0, 0.05) is 19.3 Å². The van der Waals surface area contributed by atoms with Crippen LogP contribution in [-0.4, -0.2) is 80.6 Å². The number of unbranched alkanes of at least 4 members (excludes halogenated alkanes) is 30. The molecule has 0 saturated heterocycles. The molecular formula is C51H98NO7+. The van der Waals surface area contributed by atoms with E-state index in [2.05, 4.69) is 26.0 Å². The van der Waals surface area contributed by atoms with Gasteiger partial charge in [-0.3, -0.25) is 9.59 Å². The van der Waals surface area contributed by atoms with Gasteiger partial charge in [0.15, 0.2) is 12.1 Å². The summed E-state index contributed by atoms with van der Waals surface area (Å²) in [5.74, 6) is -1.45. The van der Waals surface area contributed by atoms with Crippen LogP contribution in [-0.2, 0) is 28.6 Å². The highest BCUT2D eigenvalue weighted by Crippen LogP contribution is 2.16. The SMILES string of the molecule is CCCCCCCCCC/C=C\CCCCCCCCCCCC(=O)OC(COCCC(C(=O)O)[N+](C)(C)C)COC(=O)CCCCCCCCCCCCCCCC. The zero-order valence-electron chi connectivity index (χ0n) is 39.7. The van der Waals surface area contributed by atoms with Crippen LogP contribution in [0.15, 0.2) is 12.2 Å². The number of aliphatic carboxylic acids is 1. The molecular weight excluding hydrogens is 739 g/mol. The molecule has 0 aromatic rings. The van der Waals surface area contributed by atoms with Gasteiger partial charge in [-0.25, -0.2) is 4.79 Å². The summed E-state index contributed by atoms with van der Waals surface area (Å²) in [7, 11) is 5.54. The summed E-state index contributed by atoms with van der Waals surface area (Å²) in [6.07, 6.45) is 46.8. The zero-order chi connectivity index (χ0) is 43.5. The molecule has 8 heteroatoms. The van der Waals surface area contributed by atoms with E-state index < -0.39 is 18.1 Å². The molecule has 0 amide bonds. The molecule has 2 unspecified atom stereocenters. The smallest absolute Gasteiger partial charge is 0.362 e. The van der Waals surface area contributed by atoms with E-state index in [4.69, 9.17) is 14.2 Å². The third-order valence-electron chi connectivity index (χ3n) is 11.7. The fourth-order valence-electron chi connectivity index (χ4n) is 7.74.